The summed E-state index contributed by atoms with van der Waals surface area (Å²) >= 11 is 0. The maximum atomic E-state index is 12.2. The van der Waals surface area contributed by atoms with Crippen LogP contribution in [-0.2, 0) is 4.89 Å². The van der Waals surface area contributed by atoms with Crippen LogP contribution in [0.3, 0.4) is 0 Å². The van der Waals surface area contributed by atoms with Crippen LogP contribution in [0.4, 0.5) is 0 Å². The maximum absolute atomic E-state index is 12.2. The van der Waals surface area contributed by atoms with Gasteiger partial charge in [-0.25, -0.2) is 4.89 Å². The Bertz CT molecular complexity index is 606. The Hall–Kier alpha value is -1.85. The molecule has 1 aromatic rings. The van der Waals surface area contributed by atoms with Gasteiger partial charge in [0.25, 0.3) is 5.95 Å². The largest absolute Gasteiger partial charge is 0.468 e. The molecule has 0 aliphatic rings. The SMILES string of the molecule is C=C(/C=C(\C)c1oc(OC)c(C)c(=O)c1C)C(CC)OO. The topological polar surface area (TPSA) is 68.9 Å². The van der Waals surface area contributed by atoms with Gasteiger partial charge in [0, 0.05) is 5.56 Å². The van der Waals surface area contributed by atoms with E-state index in [1.54, 1.807) is 26.8 Å². The van der Waals surface area contributed by atoms with E-state index in [0.717, 1.165) is 0 Å². The Labute approximate surface area is 124 Å². The number of hydrogen-bond acceptors (Lipinski definition) is 5. The molecule has 0 amide bonds. The molecule has 0 bridgehead atoms. The molecule has 5 heteroatoms. The Morgan fingerprint density at radius 3 is 2.52 bits per heavy atom. The van der Waals surface area contributed by atoms with Crippen LogP contribution in [0, 0.1) is 13.8 Å². The van der Waals surface area contributed by atoms with Crippen LogP contribution in [0.15, 0.2) is 27.4 Å². The van der Waals surface area contributed by atoms with Gasteiger partial charge in [0.2, 0.25) is 0 Å². The van der Waals surface area contributed by atoms with Gasteiger partial charge in [-0.2, -0.15) is 0 Å². The molecule has 1 N–H and O–H groups in total. The molecule has 0 aliphatic carbocycles. The molecule has 0 saturated carbocycles. The van der Waals surface area contributed by atoms with Crippen LogP contribution in [0.25, 0.3) is 5.57 Å². The van der Waals surface area contributed by atoms with E-state index in [1.165, 1.54) is 7.11 Å². The third-order valence-electron chi connectivity index (χ3n) is 3.38. The van der Waals surface area contributed by atoms with Gasteiger partial charge >= 0.3 is 0 Å². The molecule has 0 saturated heterocycles. The van der Waals surface area contributed by atoms with Gasteiger partial charge in [-0.1, -0.05) is 19.6 Å². The highest BCUT2D eigenvalue weighted by molar-refractivity contribution is 5.65. The van der Waals surface area contributed by atoms with Gasteiger partial charge in [-0.15, -0.1) is 0 Å². The van der Waals surface area contributed by atoms with Gasteiger partial charge in [0.15, 0.2) is 5.43 Å². The van der Waals surface area contributed by atoms with Gasteiger partial charge < -0.3 is 9.15 Å². The Kier molecular flexibility index (Phi) is 5.93. The molecular formula is C16H22O5. The molecule has 1 heterocycles. The first-order chi connectivity index (χ1) is 9.87. The summed E-state index contributed by atoms with van der Waals surface area (Å²) in [6.07, 6.45) is 1.82. The molecule has 116 valence electrons. The predicted octanol–water partition coefficient (Wildman–Crippen LogP) is 3.49. The van der Waals surface area contributed by atoms with Crippen LogP contribution < -0.4 is 10.2 Å². The molecule has 1 unspecified atom stereocenters. The summed E-state index contributed by atoms with van der Waals surface area (Å²) in [5.41, 5.74) is 2.14. The summed E-state index contributed by atoms with van der Waals surface area (Å²) in [6.45, 7) is 10.9. The Morgan fingerprint density at radius 2 is 2.05 bits per heavy atom. The summed E-state index contributed by atoms with van der Waals surface area (Å²) in [5.74, 6) is 0.640. The van der Waals surface area contributed by atoms with Crippen molar-refractivity contribution >= 4 is 5.57 Å². The Balaban J connectivity index is 3.31. The first-order valence-corrected chi connectivity index (χ1v) is 6.73. The van der Waals surface area contributed by atoms with E-state index in [2.05, 4.69) is 11.5 Å². The van der Waals surface area contributed by atoms with Crippen molar-refractivity contribution in [3.8, 4) is 5.95 Å². The summed E-state index contributed by atoms with van der Waals surface area (Å²) in [7, 11) is 1.45. The maximum Gasteiger partial charge on any atom is 0.291 e. The lowest BCUT2D eigenvalue weighted by molar-refractivity contribution is -0.268. The fourth-order valence-electron chi connectivity index (χ4n) is 2.13. The summed E-state index contributed by atoms with van der Waals surface area (Å²) < 4.78 is 10.7. The highest BCUT2D eigenvalue weighted by Crippen LogP contribution is 2.25. The van der Waals surface area contributed by atoms with Crippen molar-refractivity contribution in [3.63, 3.8) is 0 Å². The van der Waals surface area contributed by atoms with Crippen LogP contribution in [0.5, 0.6) is 5.95 Å². The molecule has 5 nitrogen and oxygen atoms in total. The molecule has 21 heavy (non-hydrogen) atoms. The second-order valence-electron chi connectivity index (χ2n) is 4.91. The first-order valence-electron chi connectivity index (χ1n) is 6.73. The molecule has 1 atom stereocenters. The monoisotopic (exact) mass is 294 g/mol. The van der Waals surface area contributed by atoms with E-state index in [-0.39, 0.29) is 11.4 Å². The predicted molar refractivity (Wildman–Crippen MR) is 81.6 cm³/mol. The average Bonchev–Trinajstić information content (AvgIpc) is 2.46. The van der Waals surface area contributed by atoms with Crippen molar-refractivity contribution in [2.75, 3.05) is 7.11 Å². The van der Waals surface area contributed by atoms with Crippen molar-refractivity contribution in [2.45, 2.75) is 40.2 Å². The van der Waals surface area contributed by atoms with Gasteiger partial charge in [0.05, 0.1) is 12.7 Å². The standard InChI is InChI=1S/C16H22O5/c1-7-13(21-18)9(2)8-10(3)15-11(4)14(17)12(5)16(19-6)20-15/h8,13,18H,2,7H2,1,3-6H3/b10-8+. The van der Waals surface area contributed by atoms with Crippen LogP contribution in [0.1, 0.15) is 37.2 Å². The molecule has 0 aliphatic heterocycles. The van der Waals surface area contributed by atoms with Crippen LogP contribution in [-0.4, -0.2) is 18.5 Å². The number of methoxy groups -OCH3 is 1. The quantitative estimate of drug-likeness (QED) is 0.494. The zero-order valence-corrected chi connectivity index (χ0v) is 13.1. The van der Waals surface area contributed by atoms with Crippen molar-refractivity contribution in [2.24, 2.45) is 0 Å². The lowest BCUT2D eigenvalue weighted by Gasteiger charge is -2.13. The fraction of sp³-hybridized carbons (Fsp3) is 0.438. The molecule has 0 spiro atoms. The molecule has 1 aromatic heterocycles. The number of rotatable bonds is 6. The lowest BCUT2D eigenvalue weighted by Crippen LogP contribution is -2.13. The molecule has 1 rings (SSSR count). The third kappa shape index (κ3) is 3.62. The fourth-order valence-corrected chi connectivity index (χ4v) is 2.13. The molecule has 0 aromatic carbocycles. The normalized spacial score (nSPS) is 13.1. The number of hydrogen-bond donors (Lipinski definition) is 1. The second kappa shape index (κ2) is 7.24. The number of ether oxygens (including phenoxy) is 1. The molecule has 0 fully saturated rings. The van der Waals surface area contributed by atoms with Crippen molar-refractivity contribution in [1.82, 2.24) is 0 Å². The van der Waals surface area contributed by atoms with Gasteiger partial charge in [0.1, 0.15) is 11.9 Å². The highest BCUT2D eigenvalue weighted by atomic mass is 17.1. The van der Waals surface area contributed by atoms with Crippen molar-refractivity contribution < 1.29 is 19.3 Å². The van der Waals surface area contributed by atoms with E-state index < -0.39 is 6.10 Å². The number of allylic oxidation sites excluding steroid dienone is 1. The lowest BCUT2D eigenvalue weighted by atomic mass is 10.0. The van der Waals surface area contributed by atoms with Crippen LogP contribution in [0.2, 0.25) is 0 Å². The minimum absolute atomic E-state index is 0.114. The molecular weight excluding hydrogens is 272 g/mol. The van der Waals surface area contributed by atoms with Crippen LogP contribution >= 0.6 is 0 Å². The van der Waals surface area contributed by atoms with Gasteiger partial charge in [-0.3, -0.25) is 10.1 Å². The summed E-state index contributed by atoms with van der Waals surface area (Å²) in [4.78, 5) is 16.5. The first kappa shape index (κ1) is 17.2. The van der Waals surface area contributed by atoms with E-state index in [1.807, 2.05) is 6.92 Å². The van der Waals surface area contributed by atoms with E-state index in [4.69, 9.17) is 14.4 Å². The second-order valence-corrected chi connectivity index (χ2v) is 4.91. The smallest absolute Gasteiger partial charge is 0.291 e. The van der Waals surface area contributed by atoms with Gasteiger partial charge in [-0.05, 0) is 38.3 Å². The highest BCUT2D eigenvalue weighted by Gasteiger charge is 2.16. The minimum atomic E-state index is -0.487. The van der Waals surface area contributed by atoms with Crippen molar-refractivity contribution in [1.29, 1.82) is 0 Å². The minimum Gasteiger partial charge on any atom is -0.468 e. The zero-order valence-electron chi connectivity index (χ0n) is 13.1. The van der Waals surface area contributed by atoms with E-state index in [9.17, 15) is 4.79 Å². The zero-order chi connectivity index (χ0) is 16.2. The Morgan fingerprint density at radius 1 is 1.43 bits per heavy atom. The van der Waals surface area contributed by atoms with E-state index >= 15 is 0 Å². The third-order valence-corrected chi connectivity index (χ3v) is 3.38. The average molecular weight is 294 g/mol. The summed E-state index contributed by atoms with van der Waals surface area (Å²) in [5, 5.41) is 8.81. The summed E-state index contributed by atoms with van der Waals surface area (Å²) in [6, 6.07) is 0. The molecule has 0 radical (unpaired) electrons. The van der Waals surface area contributed by atoms with Crippen molar-refractivity contribution in [3.05, 3.63) is 45.3 Å². The van der Waals surface area contributed by atoms with E-state index in [0.29, 0.717) is 34.5 Å².